The fourth-order valence-corrected chi connectivity index (χ4v) is 3.40. The van der Waals surface area contributed by atoms with Crippen LogP contribution in [0.3, 0.4) is 0 Å². The summed E-state index contributed by atoms with van der Waals surface area (Å²) in [5.41, 5.74) is 0. The lowest BCUT2D eigenvalue weighted by Crippen LogP contribution is -2.51. The summed E-state index contributed by atoms with van der Waals surface area (Å²) < 4.78 is 0. The van der Waals surface area contributed by atoms with E-state index in [-0.39, 0.29) is 6.10 Å². The van der Waals surface area contributed by atoms with Crippen LogP contribution in [-0.4, -0.2) is 23.3 Å². The Morgan fingerprint density at radius 1 is 0.875 bits per heavy atom. The van der Waals surface area contributed by atoms with Crippen LogP contribution >= 0.6 is 0 Å². The fourth-order valence-electron chi connectivity index (χ4n) is 3.40. The molecular formula is C14H27NO. The van der Waals surface area contributed by atoms with Gasteiger partial charge in [-0.3, -0.25) is 0 Å². The van der Waals surface area contributed by atoms with E-state index in [2.05, 4.69) is 19.2 Å². The first-order valence-corrected chi connectivity index (χ1v) is 7.12. The third-order valence-electron chi connectivity index (χ3n) is 4.86. The molecule has 2 saturated carbocycles. The zero-order valence-corrected chi connectivity index (χ0v) is 10.8. The largest absolute Gasteiger partial charge is 0.392 e. The summed E-state index contributed by atoms with van der Waals surface area (Å²) in [6.07, 6.45) is 8.58. The second-order valence-corrected chi connectivity index (χ2v) is 6.00. The Morgan fingerprint density at radius 2 is 1.56 bits per heavy atom. The van der Waals surface area contributed by atoms with E-state index in [9.17, 15) is 5.11 Å². The van der Waals surface area contributed by atoms with Gasteiger partial charge in [0.05, 0.1) is 6.10 Å². The van der Waals surface area contributed by atoms with Gasteiger partial charge in [-0.15, -0.1) is 0 Å². The van der Waals surface area contributed by atoms with Gasteiger partial charge in [-0.05, 0) is 31.1 Å². The van der Waals surface area contributed by atoms with Crippen LogP contribution < -0.4 is 5.32 Å². The first-order valence-electron chi connectivity index (χ1n) is 7.12. The summed E-state index contributed by atoms with van der Waals surface area (Å²) in [4.78, 5) is 0. The second-order valence-electron chi connectivity index (χ2n) is 6.00. The Kier molecular flexibility index (Phi) is 4.26. The van der Waals surface area contributed by atoms with Gasteiger partial charge < -0.3 is 10.4 Å². The molecule has 94 valence electrons. The van der Waals surface area contributed by atoms with Crippen molar-refractivity contribution >= 4 is 0 Å². The lowest BCUT2D eigenvalue weighted by Gasteiger charge is -2.39. The van der Waals surface area contributed by atoms with Crippen molar-refractivity contribution in [2.45, 2.75) is 77.0 Å². The molecule has 16 heavy (non-hydrogen) atoms. The van der Waals surface area contributed by atoms with Crippen molar-refractivity contribution in [3.05, 3.63) is 0 Å². The minimum absolute atomic E-state index is 0.0989. The van der Waals surface area contributed by atoms with Gasteiger partial charge in [0, 0.05) is 12.1 Å². The molecular weight excluding hydrogens is 198 g/mol. The van der Waals surface area contributed by atoms with Crippen LogP contribution in [0, 0.1) is 11.8 Å². The molecule has 0 aliphatic heterocycles. The maximum absolute atomic E-state index is 9.99. The standard InChI is InChI=1S/C14H27NO/c1-10-6-5-8-12(11(10)2)15-13-7-3-4-9-14(13)16/h10-16H,3-9H2,1-2H3/t10?,11?,12?,13-,14-/m1/s1. The van der Waals surface area contributed by atoms with Crippen LogP contribution in [0.2, 0.25) is 0 Å². The summed E-state index contributed by atoms with van der Waals surface area (Å²) in [7, 11) is 0. The SMILES string of the molecule is CC1CCCC(N[C@@H]2CCCC[C@H]2O)C1C. The van der Waals surface area contributed by atoms with Gasteiger partial charge >= 0.3 is 0 Å². The minimum Gasteiger partial charge on any atom is -0.392 e. The van der Waals surface area contributed by atoms with Crippen molar-refractivity contribution in [2.75, 3.05) is 0 Å². The topological polar surface area (TPSA) is 32.3 Å². The molecule has 0 aromatic rings. The van der Waals surface area contributed by atoms with E-state index in [0.29, 0.717) is 12.1 Å². The van der Waals surface area contributed by atoms with Gasteiger partial charge in [-0.25, -0.2) is 0 Å². The lowest BCUT2D eigenvalue weighted by molar-refractivity contribution is 0.0701. The third-order valence-corrected chi connectivity index (χ3v) is 4.86. The molecule has 2 heteroatoms. The molecule has 0 spiro atoms. The van der Waals surface area contributed by atoms with E-state index < -0.39 is 0 Å². The Morgan fingerprint density at radius 3 is 2.31 bits per heavy atom. The zero-order chi connectivity index (χ0) is 11.5. The first kappa shape index (κ1) is 12.4. The summed E-state index contributed by atoms with van der Waals surface area (Å²) in [6, 6.07) is 1.01. The Bertz CT molecular complexity index is 219. The van der Waals surface area contributed by atoms with Gasteiger partial charge in [0.1, 0.15) is 0 Å². The first-order chi connectivity index (χ1) is 7.68. The van der Waals surface area contributed by atoms with E-state index in [0.717, 1.165) is 18.3 Å². The third kappa shape index (κ3) is 2.78. The van der Waals surface area contributed by atoms with E-state index in [1.54, 1.807) is 0 Å². The van der Waals surface area contributed by atoms with Crippen LogP contribution in [0.1, 0.15) is 58.8 Å². The van der Waals surface area contributed by atoms with Crippen molar-refractivity contribution in [1.82, 2.24) is 5.32 Å². The van der Waals surface area contributed by atoms with E-state index >= 15 is 0 Å². The quantitative estimate of drug-likeness (QED) is 0.757. The number of rotatable bonds is 2. The smallest absolute Gasteiger partial charge is 0.0693 e. The van der Waals surface area contributed by atoms with Crippen LogP contribution in [0.25, 0.3) is 0 Å². The molecule has 0 heterocycles. The molecule has 2 nitrogen and oxygen atoms in total. The maximum atomic E-state index is 9.99. The number of aliphatic hydroxyl groups excluding tert-OH is 1. The molecule has 5 atom stereocenters. The van der Waals surface area contributed by atoms with Crippen molar-refractivity contribution in [2.24, 2.45) is 11.8 Å². The Hall–Kier alpha value is -0.0800. The van der Waals surface area contributed by atoms with Crippen molar-refractivity contribution in [3.8, 4) is 0 Å². The van der Waals surface area contributed by atoms with Crippen LogP contribution in [0.5, 0.6) is 0 Å². The van der Waals surface area contributed by atoms with Crippen LogP contribution in [0.4, 0.5) is 0 Å². The van der Waals surface area contributed by atoms with Gasteiger partial charge in [0.15, 0.2) is 0 Å². The molecule has 0 radical (unpaired) electrons. The molecule has 0 bridgehead atoms. The molecule has 0 saturated heterocycles. The average Bonchev–Trinajstić information content (AvgIpc) is 2.28. The Balaban J connectivity index is 1.87. The summed E-state index contributed by atoms with van der Waals surface area (Å²) in [5, 5.41) is 13.7. The van der Waals surface area contributed by atoms with Crippen molar-refractivity contribution in [1.29, 1.82) is 0 Å². The van der Waals surface area contributed by atoms with Crippen molar-refractivity contribution < 1.29 is 5.11 Å². The number of nitrogens with one attached hydrogen (secondary N) is 1. The fraction of sp³-hybridized carbons (Fsp3) is 1.00. The van der Waals surface area contributed by atoms with Gasteiger partial charge in [0.2, 0.25) is 0 Å². The summed E-state index contributed by atoms with van der Waals surface area (Å²) >= 11 is 0. The highest BCUT2D eigenvalue weighted by Crippen LogP contribution is 2.31. The zero-order valence-electron chi connectivity index (χ0n) is 10.8. The van der Waals surface area contributed by atoms with Crippen molar-refractivity contribution in [3.63, 3.8) is 0 Å². The highest BCUT2D eigenvalue weighted by atomic mass is 16.3. The number of hydrogen-bond acceptors (Lipinski definition) is 2. The highest BCUT2D eigenvalue weighted by Gasteiger charge is 2.31. The van der Waals surface area contributed by atoms with Gasteiger partial charge in [-0.2, -0.15) is 0 Å². The van der Waals surface area contributed by atoms with Gasteiger partial charge in [0.25, 0.3) is 0 Å². The molecule has 2 aliphatic rings. The average molecular weight is 225 g/mol. The normalized spacial score (nSPS) is 45.6. The summed E-state index contributed by atoms with van der Waals surface area (Å²) in [5.74, 6) is 1.61. The molecule has 0 amide bonds. The number of hydrogen-bond donors (Lipinski definition) is 2. The van der Waals surface area contributed by atoms with Gasteiger partial charge in [-0.1, -0.05) is 39.5 Å². The van der Waals surface area contributed by atoms with E-state index in [1.807, 2.05) is 0 Å². The highest BCUT2D eigenvalue weighted by molar-refractivity contribution is 4.88. The monoisotopic (exact) mass is 225 g/mol. The number of aliphatic hydroxyl groups is 1. The predicted octanol–water partition coefficient (Wildman–Crippen LogP) is 2.70. The molecule has 0 aromatic carbocycles. The molecule has 0 aromatic heterocycles. The lowest BCUT2D eigenvalue weighted by atomic mass is 9.77. The second kappa shape index (κ2) is 5.50. The molecule has 2 N–H and O–H groups in total. The summed E-state index contributed by atoms with van der Waals surface area (Å²) in [6.45, 7) is 4.74. The predicted molar refractivity (Wildman–Crippen MR) is 67.4 cm³/mol. The minimum atomic E-state index is -0.0989. The molecule has 2 rings (SSSR count). The van der Waals surface area contributed by atoms with E-state index in [1.165, 1.54) is 38.5 Å². The Labute approximate surface area is 99.8 Å². The molecule has 3 unspecified atom stereocenters. The molecule has 2 aliphatic carbocycles. The van der Waals surface area contributed by atoms with Crippen LogP contribution in [0.15, 0.2) is 0 Å². The van der Waals surface area contributed by atoms with Crippen LogP contribution in [-0.2, 0) is 0 Å². The molecule has 2 fully saturated rings. The van der Waals surface area contributed by atoms with E-state index in [4.69, 9.17) is 0 Å². The maximum Gasteiger partial charge on any atom is 0.0693 e.